The van der Waals surface area contributed by atoms with E-state index in [4.69, 9.17) is 0 Å². The third-order valence-electron chi connectivity index (χ3n) is 3.52. The lowest BCUT2D eigenvalue weighted by molar-refractivity contribution is 0.627. The topological polar surface area (TPSA) is 83.1 Å². The number of H-pyrrole nitrogens is 2. The number of rotatable bonds is 2. The van der Waals surface area contributed by atoms with Gasteiger partial charge in [-0.2, -0.15) is 10.2 Å². The summed E-state index contributed by atoms with van der Waals surface area (Å²) >= 11 is 0. The first-order valence-corrected chi connectivity index (χ1v) is 6.69. The van der Waals surface area contributed by atoms with Gasteiger partial charge in [-0.25, -0.2) is 14.4 Å². The molecule has 0 unspecified atom stereocenters. The average Bonchev–Trinajstić information content (AvgIpc) is 3.16. The molecule has 1 aromatic carbocycles. The van der Waals surface area contributed by atoms with Gasteiger partial charge in [-0.1, -0.05) is 0 Å². The summed E-state index contributed by atoms with van der Waals surface area (Å²) in [6, 6.07) is 4.61. The molecule has 0 atom stereocenters. The van der Waals surface area contributed by atoms with E-state index in [1.54, 1.807) is 24.7 Å². The van der Waals surface area contributed by atoms with E-state index in [1.165, 1.54) is 12.1 Å². The van der Waals surface area contributed by atoms with Crippen molar-refractivity contribution in [2.24, 2.45) is 0 Å². The Bertz CT molecular complexity index is 958. The second-order valence-electron chi connectivity index (χ2n) is 4.97. The maximum Gasteiger partial charge on any atom is 0.200 e. The fourth-order valence-electron chi connectivity index (χ4n) is 2.42. The monoisotopic (exact) mass is 294 g/mol. The van der Waals surface area contributed by atoms with E-state index < -0.39 is 0 Å². The molecule has 0 aliphatic heterocycles. The molecule has 2 N–H and O–H groups in total. The summed E-state index contributed by atoms with van der Waals surface area (Å²) in [5.41, 5.74) is 5.09. The van der Waals surface area contributed by atoms with Gasteiger partial charge in [0, 0.05) is 17.3 Å². The molecule has 108 valence electrons. The molecule has 0 radical (unpaired) electrons. The first kappa shape index (κ1) is 12.6. The molecule has 0 saturated heterocycles. The van der Waals surface area contributed by atoms with Crippen LogP contribution in [0.5, 0.6) is 0 Å². The molecule has 22 heavy (non-hydrogen) atoms. The van der Waals surface area contributed by atoms with Crippen molar-refractivity contribution < 1.29 is 4.39 Å². The summed E-state index contributed by atoms with van der Waals surface area (Å²) in [7, 11) is 0. The number of aromatic nitrogens is 6. The standard InChI is InChI=1S/C15H11FN6/c1-8-4-10(16)2-3-11(8)13-14-15(22-21-13)17-7-12(20-14)9-5-18-19-6-9/h2-7H,1H3,(H,18,19)(H,17,21,22). The molecular weight excluding hydrogens is 283 g/mol. The Balaban J connectivity index is 1.93. The predicted molar refractivity (Wildman–Crippen MR) is 79.4 cm³/mol. The molecule has 0 aliphatic rings. The summed E-state index contributed by atoms with van der Waals surface area (Å²) in [4.78, 5) is 8.92. The lowest BCUT2D eigenvalue weighted by Crippen LogP contribution is -1.89. The highest BCUT2D eigenvalue weighted by atomic mass is 19.1. The van der Waals surface area contributed by atoms with Crippen LogP contribution in [-0.2, 0) is 0 Å². The van der Waals surface area contributed by atoms with Crippen LogP contribution in [0.4, 0.5) is 4.39 Å². The van der Waals surface area contributed by atoms with Crippen LogP contribution in [-0.4, -0.2) is 30.4 Å². The lowest BCUT2D eigenvalue weighted by atomic mass is 10.1. The number of hydrogen-bond acceptors (Lipinski definition) is 4. The first-order valence-electron chi connectivity index (χ1n) is 6.69. The summed E-state index contributed by atoms with van der Waals surface area (Å²) in [5, 5.41) is 13.8. The SMILES string of the molecule is Cc1cc(F)ccc1-c1[nH]nc2ncc(-c3cn[nH]c3)nc12. The molecule has 0 aliphatic carbocycles. The van der Waals surface area contributed by atoms with Crippen molar-refractivity contribution in [3.05, 3.63) is 48.2 Å². The molecule has 3 heterocycles. The molecule has 0 bridgehead atoms. The maximum atomic E-state index is 13.3. The summed E-state index contributed by atoms with van der Waals surface area (Å²) < 4.78 is 13.3. The van der Waals surface area contributed by atoms with Crippen LogP contribution >= 0.6 is 0 Å². The van der Waals surface area contributed by atoms with Gasteiger partial charge >= 0.3 is 0 Å². The molecule has 7 heteroatoms. The highest BCUT2D eigenvalue weighted by Crippen LogP contribution is 2.28. The van der Waals surface area contributed by atoms with Gasteiger partial charge in [0.05, 0.1) is 23.8 Å². The van der Waals surface area contributed by atoms with Crippen LogP contribution in [0.3, 0.4) is 0 Å². The number of benzene rings is 1. The Kier molecular flexibility index (Phi) is 2.72. The first-order chi connectivity index (χ1) is 10.7. The summed E-state index contributed by atoms with van der Waals surface area (Å²) in [5.74, 6) is -0.268. The van der Waals surface area contributed by atoms with Gasteiger partial charge in [-0.3, -0.25) is 10.2 Å². The van der Waals surface area contributed by atoms with Crippen molar-refractivity contribution >= 4 is 11.2 Å². The number of nitrogens with zero attached hydrogens (tertiary/aromatic N) is 4. The minimum Gasteiger partial charge on any atom is -0.285 e. The van der Waals surface area contributed by atoms with Crippen LogP contribution in [0.2, 0.25) is 0 Å². The zero-order valence-corrected chi connectivity index (χ0v) is 11.6. The lowest BCUT2D eigenvalue weighted by Gasteiger charge is -2.04. The normalized spacial score (nSPS) is 11.2. The molecular formula is C15H11FN6. The van der Waals surface area contributed by atoms with Crippen LogP contribution < -0.4 is 0 Å². The van der Waals surface area contributed by atoms with E-state index in [0.29, 0.717) is 16.9 Å². The molecule has 0 amide bonds. The number of aryl methyl sites for hydroxylation is 1. The highest BCUT2D eigenvalue weighted by molar-refractivity contribution is 5.89. The van der Waals surface area contributed by atoms with Crippen LogP contribution in [0.1, 0.15) is 5.56 Å². The largest absolute Gasteiger partial charge is 0.285 e. The Labute approximate surface area is 124 Å². The smallest absolute Gasteiger partial charge is 0.200 e. The third-order valence-corrected chi connectivity index (χ3v) is 3.52. The van der Waals surface area contributed by atoms with Crippen molar-refractivity contribution in [2.45, 2.75) is 6.92 Å². The average molecular weight is 294 g/mol. The van der Waals surface area contributed by atoms with E-state index in [0.717, 1.165) is 22.4 Å². The molecule has 4 aromatic rings. The number of halogens is 1. The van der Waals surface area contributed by atoms with E-state index >= 15 is 0 Å². The van der Waals surface area contributed by atoms with Gasteiger partial charge in [0.2, 0.25) is 0 Å². The Morgan fingerprint density at radius 2 is 2.09 bits per heavy atom. The Morgan fingerprint density at radius 3 is 2.86 bits per heavy atom. The van der Waals surface area contributed by atoms with Crippen molar-refractivity contribution in [3.8, 4) is 22.5 Å². The quantitative estimate of drug-likeness (QED) is 0.595. The number of fused-ring (bicyclic) bond motifs is 1. The fraction of sp³-hybridized carbons (Fsp3) is 0.0667. The summed E-state index contributed by atoms with van der Waals surface area (Å²) in [6.45, 7) is 1.85. The van der Waals surface area contributed by atoms with Gasteiger partial charge in [0.15, 0.2) is 5.65 Å². The second kappa shape index (κ2) is 4.73. The third kappa shape index (κ3) is 1.95. The summed E-state index contributed by atoms with van der Waals surface area (Å²) in [6.07, 6.45) is 5.08. The van der Waals surface area contributed by atoms with Crippen LogP contribution in [0.15, 0.2) is 36.8 Å². The minimum atomic E-state index is -0.268. The van der Waals surface area contributed by atoms with E-state index in [9.17, 15) is 4.39 Å². The van der Waals surface area contributed by atoms with E-state index in [2.05, 4.69) is 30.4 Å². The number of hydrogen-bond donors (Lipinski definition) is 2. The molecule has 6 nitrogen and oxygen atoms in total. The van der Waals surface area contributed by atoms with Crippen LogP contribution in [0.25, 0.3) is 33.7 Å². The van der Waals surface area contributed by atoms with E-state index in [1.807, 2.05) is 6.92 Å². The molecule has 0 spiro atoms. The molecule has 3 aromatic heterocycles. The van der Waals surface area contributed by atoms with Crippen LogP contribution in [0, 0.1) is 12.7 Å². The zero-order chi connectivity index (χ0) is 15.1. The van der Waals surface area contributed by atoms with Crippen molar-refractivity contribution in [3.63, 3.8) is 0 Å². The van der Waals surface area contributed by atoms with E-state index in [-0.39, 0.29) is 5.82 Å². The maximum absolute atomic E-state index is 13.3. The predicted octanol–water partition coefficient (Wildman–Crippen LogP) is 2.86. The number of aromatic amines is 2. The number of nitrogens with one attached hydrogen (secondary N) is 2. The van der Waals surface area contributed by atoms with Gasteiger partial charge in [-0.15, -0.1) is 0 Å². The molecule has 0 saturated carbocycles. The van der Waals surface area contributed by atoms with Gasteiger partial charge < -0.3 is 0 Å². The van der Waals surface area contributed by atoms with Gasteiger partial charge in [0.25, 0.3) is 0 Å². The highest BCUT2D eigenvalue weighted by Gasteiger charge is 2.14. The molecule has 0 fully saturated rings. The van der Waals surface area contributed by atoms with Gasteiger partial charge in [0.1, 0.15) is 11.3 Å². The molecule has 4 rings (SSSR count). The fourth-order valence-corrected chi connectivity index (χ4v) is 2.42. The van der Waals surface area contributed by atoms with Crippen molar-refractivity contribution in [1.82, 2.24) is 30.4 Å². The van der Waals surface area contributed by atoms with Gasteiger partial charge in [-0.05, 0) is 30.7 Å². The van der Waals surface area contributed by atoms with Crippen molar-refractivity contribution in [2.75, 3.05) is 0 Å². The zero-order valence-electron chi connectivity index (χ0n) is 11.6. The minimum absolute atomic E-state index is 0.268. The Hall–Kier alpha value is -3.09. The Morgan fingerprint density at radius 1 is 1.18 bits per heavy atom. The van der Waals surface area contributed by atoms with Crippen molar-refractivity contribution in [1.29, 1.82) is 0 Å². The second-order valence-corrected chi connectivity index (χ2v) is 4.97.